The molecule has 2 heterocycles. The Hall–Kier alpha value is -1.42. The van der Waals surface area contributed by atoms with Gasteiger partial charge in [-0.1, -0.05) is 11.6 Å². The quantitative estimate of drug-likeness (QED) is 0.618. The first-order valence-electron chi connectivity index (χ1n) is 5.25. The molecule has 0 amide bonds. The highest BCUT2D eigenvalue weighted by molar-refractivity contribution is 7.91. The van der Waals surface area contributed by atoms with Gasteiger partial charge in [-0.3, -0.25) is 10.1 Å². The summed E-state index contributed by atoms with van der Waals surface area (Å²) >= 11 is 6.32. The van der Waals surface area contributed by atoms with Crippen LogP contribution in [0.25, 0.3) is 0 Å². The van der Waals surface area contributed by atoms with E-state index >= 15 is 0 Å². The Bertz CT molecular complexity index is 723. The number of sulfonamides is 1. The maximum atomic E-state index is 12.3. The van der Waals surface area contributed by atoms with Crippen molar-refractivity contribution >= 4 is 38.6 Å². The highest BCUT2D eigenvalue weighted by atomic mass is 35.5. The lowest BCUT2D eigenvalue weighted by molar-refractivity contribution is -0.384. The fourth-order valence-electron chi connectivity index (χ4n) is 1.45. The van der Waals surface area contributed by atoms with E-state index in [1.54, 1.807) is 12.1 Å². The van der Waals surface area contributed by atoms with Crippen molar-refractivity contribution in [1.29, 1.82) is 0 Å². The van der Waals surface area contributed by atoms with Gasteiger partial charge in [0.05, 0.1) is 17.7 Å². The van der Waals surface area contributed by atoms with Gasteiger partial charge < -0.3 is 4.42 Å². The molecule has 0 spiro atoms. The lowest BCUT2D eigenvalue weighted by Crippen LogP contribution is -2.25. The minimum atomic E-state index is -3.85. The van der Waals surface area contributed by atoms with Gasteiger partial charge in [-0.05, 0) is 12.1 Å². The summed E-state index contributed by atoms with van der Waals surface area (Å²) in [5.41, 5.74) is -0.415. The maximum Gasteiger partial charge on any atom is 0.300 e. The second-order valence-corrected chi connectivity index (χ2v) is 7.75. The molecule has 7 nitrogen and oxygen atoms in total. The van der Waals surface area contributed by atoms with Crippen LogP contribution in [0.3, 0.4) is 0 Å². The molecule has 0 aliphatic rings. The van der Waals surface area contributed by atoms with Gasteiger partial charge in [0.15, 0.2) is 4.34 Å². The normalized spacial score (nSPS) is 11.9. The van der Waals surface area contributed by atoms with E-state index in [0.717, 1.165) is 10.4 Å². The molecule has 0 atom stereocenters. The van der Waals surface area contributed by atoms with Crippen LogP contribution in [0.1, 0.15) is 5.76 Å². The molecule has 0 radical (unpaired) electrons. The molecule has 2 aromatic rings. The van der Waals surface area contributed by atoms with Crippen LogP contribution < -0.4 is 0 Å². The first kappa shape index (κ1) is 15.0. The number of thiophene rings is 1. The fraction of sp³-hybridized carbons (Fsp3) is 0.200. The van der Waals surface area contributed by atoms with Crippen LogP contribution in [0.2, 0.25) is 4.34 Å². The smallest absolute Gasteiger partial charge is 0.300 e. The second kappa shape index (κ2) is 5.52. The zero-order valence-electron chi connectivity index (χ0n) is 10.1. The van der Waals surface area contributed by atoms with Crippen molar-refractivity contribution in [2.75, 3.05) is 7.05 Å². The summed E-state index contributed by atoms with van der Waals surface area (Å²) < 4.78 is 30.3. The SMILES string of the molecule is CN(Cc1ccco1)S(=O)(=O)c1cc([N+](=O)[O-])c(Cl)s1. The number of halogens is 1. The number of rotatable bonds is 5. The van der Waals surface area contributed by atoms with Gasteiger partial charge in [-0.15, -0.1) is 11.3 Å². The molecule has 0 bridgehead atoms. The van der Waals surface area contributed by atoms with Crippen LogP contribution >= 0.6 is 22.9 Å². The molecule has 0 saturated carbocycles. The zero-order valence-corrected chi connectivity index (χ0v) is 12.5. The van der Waals surface area contributed by atoms with Crippen LogP contribution in [0.4, 0.5) is 5.69 Å². The Morgan fingerprint density at radius 2 is 2.25 bits per heavy atom. The second-order valence-electron chi connectivity index (χ2n) is 3.82. The van der Waals surface area contributed by atoms with Crippen molar-refractivity contribution in [2.45, 2.75) is 10.8 Å². The largest absolute Gasteiger partial charge is 0.468 e. The number of furan rings is 1. The summed E-state index contributed by atoms with van der Waals surface area (Å²) in [4.78, 5) is 9.97. The van der Waals surface area contributed by atoms with Crippen molar-refractivity contribution in [3.05, 3.63) is 44.7 Å². The van der Waals surface area contributed by atoms with Crippen LogP contribution in [0.5, 0.6) is 0 Å². The summed E-state index contributed by atoms with van der Waals surface area (Å²) in [5, 5.41) is 10.7. The predicted molar refractivity (Wildman–Crippen MR) is 73.3 cm³/mol. The summed E-state index contributed by atoms with van der Waals surface area (Å²) in [6.45, 7) is 0.0264. The molecule has 20 heavy (non-hydrogen) atoms. The first-order chi connectivity index (χ1) is 9.32. The van der Waals surface area contributed by atoms with Crippen molar-refractivity contribution in [1.82, 2.24) is 4.31 Å². The van der Waals surface area contributed by atoms with Gasteiger partial charge >= 0.3 is 0 Å². The van der Waals surface area contributed by atoms with Gasteiger partial charge in [0.2, 0.25) is 0 Å². The van der Waals surface area contributed by atoms with Crippen LogP contribution in [-0.4, -0.2) is 24.7 Å². The lowest BCUT2D eigenvalue weighted by Gasteiger charge is -2.13. The molecule has 0 saturated heterocycles. The average Bonchev–Trinajstić information content (AvgIpc) is 2.98. The van der Waals surface area contributed by atoms with E-state index < -0.39 is 20.6 Å². The number of hydrogen-bond donors (Lipinski definition) is 0. The lowest BCUT2D eigenvalue weighted by atomic mass is 10.4. The van der Waals surface area contributed by atoms with Gasteiger partial charge in [-0.2, -0.15) is 4.31 Å². The third-order valence-corrected chi connectivity index (χ3v) is 6.06. The highest BCUT2D eigenvalue weighted by Crippen LogP contribution is 2.37. The Morgan fingerprint density at radius 3 is 2.75 bits per heavy atom. The topological polar surface area (TPSA) is 93.7 Å². The molecular formula is C10H9ClN2O5S2. The fourth-order valence-corrected chi connectivity index (χ4v) is 4.46. The molecule has 2 aromatic heterocycles. The average molecular weight is 337 g/mol. The summed E-state index contributed by atoms with van der Waals surface area (Å²) in [6.07, 6.45) is 1.43. The van der Waals surface area contributed by atoms with Crippen molar-refractivity contribution < 1.29 is 17.8 Å². The molecule has 0 fully saturated rings. The van der Waals surface area contributed by atoms with Crippen molar-refractivity contribution in [2.24, 2.45) is 0 Å². The monoisotopic (exact) mass is 336 g/mol. The van der Waals surface area contributed by atoms with E-state index in [2.05, 4.69) is 0 Å². The van der Waals surface area contributed by atoms with Crippen molar-refractivity contribution in [3.8, 4) is 0 Å². The van der Waals surface area contributed by atoms with Gasteiger partial charge in [0, 0.05) is 13.1 Å². The van der Waals surface area contributed by atoms with Crippen LogP contribution in [0, 0.1) is 10.1 Å². The van der Waals surface area contributed by atoms with Crippen LogP contribution in [0.15, 0.2) is 33.1 Å². The Morgan fingerprint density at radius 1 is 1.55 bits per heavy atom. The summed E-state index contributed by atoms with van der Waals surface area (Å²) in [7, 11) is -2.49. The molecule has 2 rings (SSSR count). The summed E-state index contributed by atoms with van der Waals surface area (Å²) in [6, 6.07) is 4.24. The molecule has 108 valence electrons. The molecule has 10 heteroatoms. The molecular weight excluding hydrogens is 328 g/mol. The van der Waals surface area contributed by atoms with Gasteiger partial charge in [0.25, 0.3) is 15.7 Å². The Labute approximate surface area is 123 Å². The predicted octanol–water partition coefficient (Wildman–Crippen LogP) is 2.72. The van der Waals surface area contributed by atoms with E-state index in [1.807, 2.05) is 0 Å². The van der Waals surface area contributed by atoms with E-state index in [9.17, 15) is 18.5 Å². The summed E-state index contributed by atoms with van der Waals surface area (Å²) in [5.74, 6) is 0.466. The zero-order chi connectivity index (χ0) is 14.9. The highest BCUT2D eigenvalue weighted by Gasteiger charge is 2.28. The maximum absolute atomic E-state index is 12.3. The Balaban J connectivity index is 2.30. The Kier molecular flexibility index (Phi) is 4.14. The third kappa shape index (κ3) is 2.85. The van der Waals surface area contributed by atoms with Crippen LogP contribution in [-0.2, 0) is 16.6 Å². The number of nitrogens with zero attached hydrogens (tertiary/aromatic N) is 2. The minimum absolute atomic E-state index is 0.0264. The van der Waals surface area contributed by atoms with E-state index in [1.165, 1.54) is 13.3 Å². The first-order valence-corrected chi connectivity index (χ1v) is 7.88. The molecule has 0 aromatic carbocycles. The van der Waals surface area contributed by atoms with Gasteiger partial charge in [0.1, 0.15) is 9.97 Å². The van der Waals surface area contributed by atoms with E-state index in [-0.39, 0.29) is 15.1 Å². The van der Waals surface area contributed by atoms with Gasteiger partial charge in [-0.25, -0.2) is 8.42 Å². The molecule has 0 N–H and O–H groups in total. The molecule has 0 aliphatic carbocycles. The number of nitro groups is 1. The standard InChI is InChI=1S/C10H9ClN2O5S2/c1-12(6-7-3-2-4-18-7)20(16,17)9-5-8(13(14)15)10(11)19-9/h2-5H,6H2,1H3. The number of hydrogen-bond acceptors (Lipinski definition) is 6. The minimum Gasteiger partial charge on any atom is -0.468 e. The van der Waals surface area contributed by atoms with E-state index in [0.29, 0.717) is 17.1 Å². The molecule has 0 aliphatic heterocycles. The van der Waals surface area contributed by atoms with Crippen molar-refractivity contribution in [3.63, 3.8) is 0 Å². The van der Waals surface area contributed by atoms with E-state index in [4.69, 9.17) is 16.0 Å². The molecule has 0 unspecified atom stereocenters. The third-order valence-electron chi connectivity index (χ3n) is 2.47.